The van der Waals surface area contributed by atoms with Gasteiger partial charge in [-0.1, -0.05) is 0 Å². The van der Waals surface area contributed by atoms with Crippen LogP contribution in [-0.2, 0) is 0 Å². The number of benzene rings is 1. The lowest BCUT2D eigenvalue weighted by atomic mass is 10.2. The lowest BCUT2D eigenvalue weighted by molar-refractivity contribution is 0.166. The Bertz CT molecular complexity index is 725. The molecule has 0 saturated carbocycles. The molecule has 3 rings (SSSR count). The molecule has 6 nitrogen and oxygen atoms in total. The first-order valence-electron chi connectivity index (χ1n) is 6.90. The molecule has 0 bridgehead atoms. The number of anilines is 1. The van der Waals surface area contributed by atoms with Gasteiger partial charge >= 0.3 is 11.7 Å². The smallest absolute Gasteiger partial charge is 0.336 e. The van der Waals surface area contributed by atoms with Gasteiger partial charge in [-0.05, 0) is 37.1 Å². The third-order valence-corrected chi connectivity index (χ3v) is 3.72. The van der Waals surface area contributed by atoms with Gasteiger partial charge in [-0.3, -0.25) is 0 Å². The van der Waals surface area contributed by atoms with Crippen LogP contribution in [0.2, 0.25) is 0 Å². The summed E-state index contributed by atoms with van der Waals surface area (Å²) in [6.07, 6.45) is 1.73. The van der Waals surface area contributed by atoms with Crippen molar-refractivity contribution < 1.29 is 14.3 Å². The number of aliphatic hydroxyl groups is 1. The summed E-state index contributed by atoms with van der Waals surface area (Å²) in [6.45, 7) is 0.635. The van der Waals surface area contributed by atoms with Crippen molar-refractivity contribution in [3.8, 4) is 0 Å². The number of carbonyl (C=O) groups is 1. The molecule has 2 heterocycles. The van der Waals surface area contributed by atoms with Crippen LogP contribution in [0.4, 0.5) is 10.5 Å². The van der Waals surface area contributed by atoms with E-state index < -0.39 is 5.63 Å². The second-order valence-corrected chi connectivity index (χ2v) is 5.11. The SMILES string of the molecule is O=C(Nc1ccc2oc(=O)ccc2c1)N1CCCC1CO. The Morgan fingerprint density at radius 2 is 2.24 bits per heavy atom. The first-order chi connectivity index (χ1) is 10.2. The van der Waals surface area contributed by atoms with Crippen LogP contribution in [0.1, 0.15) is 12.8 Å². The molecule has 21 heavy (non-hydrogen) atoms. The van der Waals surface area contributed by atoms with Crippen molar-refractivity contribution in [2.24, 2.45) is 0 Å². The number of urea groups is 1. The summed E-state index contributed by atoms with van der Waals surface area (Å²) in [5.41, 5.74) is 0.710. The maximum absolute atomic E-state index is 12.2. The molecule has 1 saturated heterocycles. The monoisotopic (exact) mass is 288 g/mol. The van der Waals surface area contributed by atoms with E-state index >= 15 is 0 Å². The minimum absolute atomic E-state index is 0.0176. The van der Waals surface area contributed by atoms with Crippen LogP contribution < -0.4 is 10.9 Å². The quantitative estimate of drug-likeness (QED) is 0.825. The molecule has 2 N–H and O–H groups in total. The lowest BCUT2D eigenvalue weighted by Gasteiger charge is -2.23. The summed E-state index contributed by atoms with van der Waals surface area (Å²) in [5, 5.41) is 12.8. The summed E-state index contributed by atoms with van der Waals surface area (Å²) in [7, 11) is 0. The highest BCUT2D eigenvalue weighted by atomic mass is 16.4. The topological polar surface area (TPSA) is 82.8 Å². The van der Waals surface area contributed by atoms with Crippen LogP contribution in [0.3, 0.4) is 0 Å². The number of likely N-dealkylation sites (tertiary alicyclic amines) is 1. The van der Waals surface area contributed by atoms with Gasteiger partial charge in [0.1, 0.15) is 5.58 Å². The number of rotatable bonds is 2. The van der Waals surface area contributed by atoms with Crippen molar-refractivity contribution in [3.63, 3.8) is 0 Å². The third-order valence-electron chi connectivity index (χ3n) is 3.72. The maximum Gasteiger partial charge on any atom is 0.336 e. The van der Waals surface area contributed by atoms with Crippen molar-refractivity contribution in [2.75, 3.05) is 18.5 Å². The van der Waals surface area contributed by atoms with Gasteiger partial charge in [0.05, 0.1) is 12.6 Å². The first kappa shape index (κ1) is 13.6. The van der Waals surface area contributed by atoms with E-state index in [0.717, 1.165) is 18.2 Å². The Morgan fingerprint density at radius 3 is 3.05 bits per heavy atom. The second kappa shape index (κ2) is 5.57. The predicted octanol–water partition coefficient (Wildman–Crippen LogP) is 1.78. The fraction of sp³-hybridized carbons (Fsp3) is 0.333. The van der Waals surface area contributed by atoms with Gasteiger partial charge in [0.25, 0.3) is 0 Å². The molecule has 0 aliphatic carbocycles. The summed E-state index contributed by atoms with van der Waals surface area (Å²) in [6, 6.07) is 7.76. The molecule has 1 unspecified atom stereocenters. The molecule has 2 aromatic rings. The summed E-state index contributed by atoms with van der Waals surface area (Å²) in [4.78, 5) is 25.0. The molecule has 1 atom stereocenters. The van der Waals surface area contributed by atoms with Crippen LogP contribution in [0.5, 0.6) is 0 Å². The molecule has 0 spiro atoms. The molecule has 110 valence electrons. The van der Waals surface area contributed by atoms with E-state index in [1.54, 1.807) is 29.2 Å². The Morgan fingerprint density at radius 1 is 1.38 bits per heavy atom. The Kier molecular flexibility index (Phi) is 3.62. The van der Waals surface area contributed by atoms with Crippen molar-refractivity contribution in [2.45, 2.75) is 18.9 Å². The summed E-state index contributed by atoms with van der Waals surface area (Å²) >= 11 is 0. The van der Waals surface area contributed by atoms with Gasteiger partial charge in [0.15, 0.2) is 0 Å². The highest BCUT2D eigenvalue weighted by Crippen LogP contribution is 2.21. The van der Waals surface area contributed by atoms with E-state index in [1.165, 1.54) is 6.07 Å². The lowest BCUT2D eigenvalue weighted by Crippen LogP contribution is -2.40. The highest BCUT2D eigenvalue weighted by Gasteiger charge is 2.27. The minimum atomic E-state index is -0.401. The highest BCUT2D eigenvalue weighted by molar-refractivity contribution is 5.92. The number of aliphatic hydroxyl groups excluding tert-OH is 1. The van der Waals surface area contributed by atoms with E-state index in [0.29, 0.717) is 17.8 Å². The average Bonchev–Trinajstić information content (AvgIpc) is 2.96. The number of nitrogens with one attached hydrogen (secondary N) is 1. The number of hydrogen-bond donors (Lipinski definition) is 2. The minimum Gasteiger partial charge on any atom is -0.423 e. The van der Waals surface area contributed by atoms with Crippen LogP contribution >= 0.6 is 0 Å². The summed E-state index contributed by atoms with van der Waals surface area (Å²) < 4.78 is 5.04. The van der Waals surface area contributed by atoms with Gasteiger partial charge in [0, 0.05) is 23.7 Å². The predicted molar refractivity (Wildman–Crippen MR) is 78.3 cm³/mol. The zero-order chi connectivity index (χ0) is 14.8. The Labute approximate surface area is 121 Å². The molecule has 1 aliphatic heterocycles. The second-order valence-electron chi connectivity index (χ2n) is 5.11. The molecule has 0 radical (unpaired) electrons. The molecule has 1 fully saturated rings. The van der Waals surface area contributed by atoms with Gasteiger partial charge in [-0.2, -0.15) is 0 Å². The molecule has 2 amide bonds. The van der Waals surface area contributed by atoms with Gasteiger partial charge < -0.3 is 19.7 Å². The average molecular weight is 288 g/mol. The molecular weight excluding hydrogens is 272 g/mol. The maximum atomic E-state index is 12.2. The molecular formula is C15H16N2O4. The van der Waals surface area contributed by atoms with Gasteiger partial charge in [-0.25, -0.2) is 9.59 Å². The standard InChI is InChI=1S/C15H16N2O4/c18-9-12-2-1-7-17(12)15(20)16-11-4-5-13-10(8-11)3-6-14(19)21-13/h3-6,8,12,18H,1-2,7,9H2,(H,16,20). The van der Waals surface area contributed by atoms with Crippen molar-refractivity contribution in [3.05, 3.63) is 40.8 Å². The largest absolute Gasteiger partial charge is 0.423 e. The van der Waals surface area contributed by atoms with E-state index in [9.17, 15) is 14.7 Å². The molecule has 1 aliphatic rings. The van der Waals surface area contributed by atoms with Crippen molar-refractivity contribution in [1.82, 2.24) is 4.90 Å². The van der Waals surface area contributed by atoms with Crippen molar-refractivity contribution in [1.29, 1.82) is 0 Å². The van der Waals surface area contributed by atoms with Gasteiger partial charge in [-0.15, -0.1) is 0 Å². The van der Waals surface area contributed by atoms with E-state index in [-0.39, 0.29) is 18.7 Å². The number of nitrogens with zero attached hydrogens (tertiary/aromatic N) is 1. The number of fused-ring (bicyclic) bond motifs is 1. The van der Waals surface area contributed by atoms with Crippen LogP contribution in [0.15, 0.2) is 39.5 Å². The van der Waals surface area contributed by atoms with Crippen molar-refractivity contribution >= 4 is 22.7 Å². The zero-order valence-corrected chi connectivity index (χ0v) is 11.4. The Hall–Kier alpha value is -2.34. The van der Waals surface area contributed by atoms with E-state index in [2.05, 4.69) is 5.32 Å². The van der Waals surface area contributed by atoms with Crippen LogP contribution in [-0.4, -0.2) is 35.2 Å². The molecule has 1 aromatic carbocycles. The summed E-state index contributed by atoms with van der Waals surface area (Å²) in [5.74, 6) is 0. The van der Waals surface area contributed by atoms with Crippen LogP contribution in [0.25, 0.3) is 11.0 Å². The third kappa shape index (κ3) is 2.75. The normalized spacial score (nSPS) is 18.1. The fourth-order valence-electron chi connectivity index (χ4n) is 2.64. The first-order valence-corrected chi connectivity index (χ1v) is 6.90. The number of carbonyl (C=O) groups excluding carboxylic acids is 1. The fourth-order valence-corrected chi connectivity index (χ4v) is 2.64. The Balaban J connectivity index is 1.80. The zero-order valence-electron chi connectivity index (χ0n) is 11.4. The molecule has 6 heteroatoms. The number of amides is 2. The van der Waals surface area contributed by atoms with E-state index in [4.69, 9.17) is 4.42 Å². The van der Waals surface area contributed by atoms with E-state index in [1.807, 2.05) is 0 Å². The molecule has 1 aromatic heterocycles. The number of hydrogen-bond acceptors (Lipinski definition) is 4. The van der Waals surface area contributed by atoms with Gasteiger partial charge in [0.2, 0.25) is 0 Å². The van der Waals surface area contributed by atoms with Crippen LogP contribution in [0, 0.1) is 0 Å².